The zero-order chi connectivity index (χ0) is 45.9. The predicted molar refractivity (Wildman–Crippen MR) is 281 cm³/mol. The van der Waals surface area contributed by atoms with Gasteiger partial charge in [0.1, 0.15) is 24.0 Å². The van der Waals surface area contributed by atoms with Crippen LogP contribution in [0.4, 0.5) is 22.7 Å². The Hall–Kier alpha value is -7.89. The number of aromatic nitrogens is 2. The van der Waals surface area contributed by atoms with Gasteiger partial charge in [-0.05, 0) is 87.2 Å². The molecular formula is C62H54N4O. The maximum Gasteiger partial charge on any atom is 0.137 e. The smallest absolute Gasteiger partial charge is 0.137 e. The minimum Gasteiger partial charge on any atom is -0.457 e. The summed E-state index contributed by atoms with van der Waals surface area (Å²) >= 11 is 0. The summed E-state index contributed by atoms with van der Waals surface area (Å²) in [5.74, 6) is 2.40. The molecule has 0 spiro atoms. The van der Waals surface area contributed by atoms with E-state index in [-0.39, 0.29) is 10.8 Å². The Morgan fingerprint density at radius 1 is 0.448 bits per heavy atom. The van der Waals surface area contributed by atoms with Gasteiger partial charge >= 0.3 is 0 Å². The zero-order valence-electron chi connectivity index (χ0n) is 39.0. The number of anilines is 4. The van der Waals surface area contributed by atoms with Crippen LogP contribution in [0.1, 0.15) is 52.7 Å². The Morgan fingerprint density at radius 3 is 1.72 bits per heavy atom. The first-order chi connectivity index (χ1) is 32.5. The molecule has 0 N–H and O–H groups in total. The quantitative estimate of drug-likeness (QED) is 0.152. The average Bonchev–Trinajstić information content (AvgIpc) is 3.90. The monoisotopic (exact) mass is 870 g/mol. The van der Waals surface area contributed by atoms with Gasteiger partial charge in [0.25, 0.3) is 0 Å². The number of fused-ring (bicyclic) bond motifs is 4. The fourth-order valence-corrected chi connectivity index (χ4v) is 9.84. The standard InChI is InChI=1S/C62H54N4O/c1-61(2,3)45-33-31-44(32-34-45)50-27-18-26-49(42-19-9-7-10-20-42)60(50)65-41-64(56-29-15-16-30-57(56)65)46-23-17-24-47(37-46)67-48-35-36-52-51-25-13-14-28-55(51)66(58(52)38-48)59-39-54(62(4,5)6)53(40-63-59)43-21-11-8-12-22-43/h7-40H,41H2,1-6H3. The highest BCUT2D eigenvalue weighted by Crippen LogP contribution is 2.50. The lowest BCUT2D eigenvalue weighted by molar-refractivity contribution is 0.483. The van der Waals surface area contributed by atoms with Crippen molar-refractivity contribution >= 4 is 44.6 Å². The summed E-state index contributed by atoms with van der Waals surface area (Å²) in [4.78, 5) is 10.0. The Kier molecular flexibility index (Phi) is 10.3. The Labute approximate surface area is 394 Å². The van der Waals surface area contributed by atoms with Gasteiger partial charge in [0.2, 0.25) is 0 Å². The molecule has 10 aromatic rings. The van der Waals surface area contributed by atoms with E-state index in [0.29, 0.717) is 6.67 Å². The second-order valence-electron chi connectivity index (χ2n) is 19.7. The van der Waals surface area contributed by atoms with Crippen molar-refractivity contribution in [1.29, 1.82) is 0 Å². The SMILES string of the molecule is CC(C)(C)c1ccc(-c2cccc(-c3ccccc3)c2N2CN(c3cccc(Oc4ccc5c6ccccc6n(-c6cc(C(C)(C)C)c(-c7ccccc7)cn6)c5c4)c3)c3ccccc32)cc1. The third-order valence-electron chi connectivity index (χ3n) is 13.2. The first-order valence-corrected chi connectivity index (χ1v) is 23.3. The van der Waals surface area contributed by atoms with Crippen LogP contribution in [0.15, 0.2) is 206 Å². The number of para-hydroxylation sites is 4. The molecule has 0 amide bonds. The molecule has 0 unspecified atom stereocenters. The summed E-state index contributed by atoms with van der Waals surface area (Å²) in [6.07, 6.45) is 2.04. The highest BCUT2D eigenvalue weighted by atomic mass is 16.5. The lowest BCUT2D eigenvalue weighted by Gasteiger charge is -2.27. The number of rotatable bonds is 8. The molecule has 0 fully saturated rings. The number of hydrogen-bond donors (Lipinski definition) is 0. The van der Waals surface area contributed by atoms with E-state index in [9.17, 15) is 0 Å². The molecule has 0 atom stereocenters. The third kappa shape index (κ3) is 7.70. The van der Waals surface area contributed by atoms with Crippen LogP contribution in [0.25, 0.3) is 61.0 Å². The Bertz CT molecular complexity index is 3430. The summed E-state index contributed by atoms with van der Waals surface area (Å²) in [5, 5.41) is 2.32. The molecule has 0 radical (unpaired) electrons. The fourth-order valence-electron chi connectivity index (χ4n) is 9.84. The van der Waals surface area contributed by atoms with Crippen molar-refractivity contribution in [3.05, 3.63) is 218 Å². The number of hydrogen-bond acceptors (Lipinski definition) is 4. The van der Waals surface area contributed by atoms with E-state index in [0.717, 1.165) is 56.4 Å². The number of pyridine rings is 1. The molecule has 67 heavy (non-hydrogen) atoms. The molecule has 0 aliphatic carbocycles. The van der Waals surface area contributed by atoms with Crippen LogP contribution in [-0.2, 0) is 10.8 Å². The van der Waals surface area contributed by atoms with Gasteiger partial charge in [-0.25, -0.2) is 4.98 Å². The van der Waals surface area contributed by atoms with Crippen molar-refractivity contribution in [2.45, 2.75) is 52.4 Å². The second kappa shape index (κ2) is 16.5. The Morgan fingerprint density at radius 2 is 1.03 bits per heavy atom. The third-order valence-corrected chi connectivity index (χ3v) is 13.2. The predicted octanol–water partition coefficient (Wildman–Crippen LogP) is 16.8. The highest BCUT2D eigenvalue weighted by molar-refractivity contribution is 6.09. The van der Waals surface area contributed by atoms with Gasteiger partial charge in [0, 0.05) is 51.5 Å². The van der Waals surface area contributed by atoms with Crippen LogP contribution in [0.3, 0.4) is 0 Å². The van der Waals surface area contributed by atoms with E-state index in [4.69, 9.17) is 9.72 Å². The van der Waals surface area contributed by atoms with Crippen molar-refractivity contribution in [2.24, 2.45) is 0 Å². The molecular weight excluding hydrogens is 817 g/mol. The molecule has 0 bridgehead atoms. The van der Waals surface area contributed by atoms with Gasteiger partial charge in [-0.1, -0.05) is 181 Å². The van der Waals surface area contributed by atoms with Crippen LogP contribution in [-0.4, -0.2) is 16.2 Å². The molecule has 2 aromatic heterocycles. The van der Waals surface area contributed by atoms with E-state index < -0.39 is 0 Å². The molecule has 1 aliphatic heterocycles. The fraction of sp³-hybridized carbons (Fsp3) is 0.145. The molecule has 5 nitrogen and oxygen atoms in total. The minimum absolute atomic E-state index is 0.0660. The Balaban J connectivity index is 0.968. The van der Waals surface area contributed by atoms with Crippen molar-refractivity contribution in [2.75, 3.05) is 16.5 Å². The van der Waals surface area contributed by atoms with Crippen molar-refractivity contribution in [1.82, 2.24) is 9.55 Å². The summed E-state index contributed by atoms with van der Waals surface area (Å²) < 4.78 is 9.13. The molecule has 328 valence electrons. The maximum absolute atomic E-state index is 6.84. The van der Waals surface area contributed by atoms with Crippen LogP contribution in [0, 0.1) is 0 Å². The first-order valence-electron chi connectivity index (χ1n) is 23.3. The first kappa shape index (κ1) is 41.8. The topological polar surface area (TPSA) is 33.5 Å². The number of benzene rings is 8. The van der Waals surface area contributed by atoms with Crippen LogP contribution < -0.4 is 14.5 Å². The summed E-state index contributed by atoms with van der Waals surface area (Å²) in [7, 11) is 0. The van der Waals surface area contributed by atoms with Crippen LogP contribution >= 0.6 is 0 Å². The number of ether oxygens (including phenoxy) is 1. The van der Waals surface area contributed by atoms with Gasteiger partial charge < -0.3 is 14.5 Å². The molecule has 1 aliphatic rings. The van der Waals surface area contributed by atoms with Gasteiger partial charge in [0.15, 0.2) is 0 Å². The van der Waals surface area contributed by atoms with Gasteiger partial charge in [-0.15, -0.1) is 0 Å². The largest absolute Gasteiger partial charge is 0.457 e. The van der Waals surface area contributed by atoms with Crippen molar-refractivity contribution in [3.8, 4) is 50.7 Å². The molecule has 8 aromatic carbocycles. The lowest BCUT2D eigenvalue weighted by Crippen LogP contribution is -2.25. The van der Waals surface area contributed by atoms with Crippen LogP contribution in [0.5, 0.6) is 11.5 Å². The van der Waals surface area contributed by atoms with E-state index in [1.54, 1.807) is 0 Å². The van der Waals surface area contributed by atoms with E-state index >= 15 is 0 Å². The summed E-state index contributed by atoms with van der Waals surface area (Å²) in [6, 6.07) is 71.7. The second-order valence-corrected chi connectivity index (χ2v) is 19.7. The molecule has 11 rings (SSSR count). The van der Waals surface area contributed by atoms with Crippen molar-refractivity contribution < 1.29 is 4.74 Å². The minimum atomic E-state index is -0.111. The summed E-state index contributed by atoms with van der Waals surface area (Å²) in [6.45, 7) is 14.3. The summed E-state index contributed by atoms with van der Waals surface area (Å²) in [5.41, 5.74) is 16.3. The van der Waals surface area contributed by atoms with Crippen molar-refractivity contribution in [3.63, 3.8) is 0 Å². The normalized spacial score (nSPS) is 12.8. The zero-order valence-corrected chi connectivity index (χ0v) is 39.0. The molecule has 3 heterocycles. The molecule has 5 heteroatoms. The van der Waals surface area contributed by atoms with Gasteiger partial charge in [-0.2, -0.15) is 0 Å². The molecule has 0 saturated heterocycles. The maximum atomic E-state index is 6.84. The van der Waals surface area contributed by atoms with Gasteiger partial charge in [-0.3, -0.25) is 4.57 Å². The average molecular weight is 871 g/mol. The van der Waals surface area contributed by atoms with E-state index in [2.05, 4.69) is 250 Å². The van der Waals surface area contributed by atoms with Gasteiger partial charge in [0.05, 0.1) is 28.1 Å². The number of nitrogens with zero attached hydrogens (tertiary/aromatic N) is 4. The highest BCUT2D eigenvalue weighted by Gasteiger charge is 2.32. The van der Waals surface area contributed by atoms with E-state index in [1.807, 2.05) is 12.3 Å². The molecule has 0 saturated carbocycles. The lowest BCUT2D eigenvalue weighted by atomic mass is 9.82. The van der Waals surface area contributed by atoms with Crippen LogP contribution in [0.2, 0.25) is 0 Å². The van der Waals surface area contributed by atoms with E-state index in [1.165, 1.54) is 50.0 Å².